The quantitative estimate of drug-likeness (QED) is 0.572. The maximum absolute atomic E-state index is 14.1. The maximum Gasteiger partial charge on any atom is 0.416 e. The van der Waals surface area contributed by atoms with Gasteiger partial charge in [-0.1, -0.05) is 13.8 Å². The van der Waals surface area contributed by atoms with E-state index in [1.54, 1.807) is 32.2 Å². The number of aromatic nitrogens is 3. The van der Waals surface area contributed by atoms with Crippen molar-refractivity contribution >= 4 is 0 Å². The Balaban J connectivity index is 2.16. The van der Waals surface area contributed by atoms with Gasteiger partial charge in [0.2, 0.25) is 11.8 Å². The summed E-state index contributed by atoms with van der Waals surface area (Å²) in [6.45, 7) is 7.20. The average molecular weight is 453 g/mol. The minimum Gasteiger partial charge on any atom is -0.420 e. The first-order chi connectivity index (χ1) is 15.5. The number of H-pyrrole nitrogens is 1. The lowest BCUT2D eigenvalue weighted by atomic mass is 9.61. The number of ether oxygens (including phenoxy) is 1. The topological polar surface area (TPSA) is 101 Å². The minimum absolute atomic E-state index is 0.0474. The first-order valence-corrected chi connectivity index (χ1v) is 10.3. The molecule has 0 saturated carbocycles. The molecular weight excluding hydrogens is 431 g/mol. The molecule has 1 aliphatic heterocycles. The van der Waals surface area contributed by atoms with E-state index in [1.165, 1.54) is 6.20 Å². The molecular formula is C24H22F3N5O. The Morgan fingerprint density at radius 3 is 2.55 bits per heavy atom. The molecule has 0 radical (unpaired) electrons. The second-order valence-electron chi connectivity index (χ2n) is 8.43. The molecule has 3 aromatic rings. The van der Waals surface area contributed by atoms with Gasteiger partial charge in [0.15, 0.2) is 0 Å². The Bertz CT molecular complexity index is 1320. The van der Waals surface area contributed by atoms with Crippen LogP contribution >= 0.6 is 0 Å². The molecule has 0 fully saturated rings. The van der Waals surface area contributed by atoms with Crippen molar-refractivity contribution in [1.29, 1.82) is 5.26 Å². The number of nitriles is 1. The van der Waals surface area contributed by atoms with Crippen molar-refractivity contribution in [3.05, 3.63) is 76.1 Å². The molecule has 1 aliphatic rings. The van der Waals surface area contributed by atoms with Crippen molar-refractivity contribution in [3.8, 4) is 23.1 Å². The molecule has 6 nitrogen and oxygen atoms in total. The normalized spacial score (nSPS) is 18.2. The third-order valence-electron chi connectivity index (χ3n) is 6.18. The molecule has 3 N–H and O–H groups in total. The highest BCUT2D eigenvalue weighted by atomic mass is 19.4. The summed E-state index contributed by atoms with van der Waals surface area (Å²) in [5, 5.41) is 17.1. The van der Waals surface area contributed by atoms with Crippen LogP contribution in [-0.2, 0) is 11.6 Å². The Morgan fingerprint density at radius 2 is 1.94 bits per heavy atom. The zero-order chi connectivity index (χ0) is 24.1. The van der Waals surface area contributed by atoms with E-state index in [2.05, 4.69) is 21.3 Å². The molecule has 33 heavy (non-hydrogen) atoms. The van der Waals surface area contributed by atoms with E-state index in [0.717, 1.165) is 17.7 Å². The number of alkyl halides is 3. The van der Waals surface area contributed by atoms with Crippen molar-refractivity contribution in [2.24, 2.45) is 11.7 Å². The highest BCUT2D eigenvalue weighted by Gasteiger charge is 2.51. The second kappa shape index (κ2) is 7.66. The summed E-state index contributed by atoms with van der Waals surface area (Å²) < 4.78 is 47.8. The van der Waals surface area contributed by atoms with Crippen molar-refractivity contribution in [1.82, 2.24) is 15.2 Å². The lowest BCUT2D eigenvalue weighted by Gasteiger charge is -2.41. The number of nitrogens with zero attached hydrogens (tertiary/aromatic N) is 3. The molecule has 0 spiro atoms. The first-order valence-electron chi connectivity index (χ1n) is 10.3. The van der Waals surface area contributed by atoms with Crippen LogP contribution < -0.4 is 10.5 Å². The van der Waals surface area contributed by atoms with Crippen LogP contribution in [0, 0.1) is 31.1 Å². The smallest absolute Gasteiger partial charge is 0.416 e. The van der Waals surface area contributed by atoms with Gasteiger partial charge in [-0.2, -0.15) is 18.4 Å². The van der Waals surface area contributed by atoms with E-state index in [1.807, 2.05) is 13.8 Å². The number of aryl methyl sites for hydroxylation is 2. The Hall–Kier alpha value is -3.80. The predicted octanol–water partition coefficient (Wildman–Crippen LogP) is 5.14. The summed E-state index contributed by atoms with van der Waals surface area (Å²) in [5.74, 6) is -0.388. The van der Waals surface area contributed by atoms with E-state index >= 15 is 0 Å². The summed E-state index contributed by atoms with van der Waals surface area (Å²) in [4.78, 5) is 4.05. The lowest BCUT2D eigenvalue weighted by molar-refractivity contribution is -0.137. The van der Waals surface area contributed by atoms with Crippen LogP contribution in [0.1, 0.15) is 41.8 Å². The molecule has 3 heterocycles. The van der Waals surface area contributed by atoms with Gasteiger partial charge in [0.1, 0.15) is 11.6 Å². The number of rotatable bonds is 3. The molecule has 9 heteroatoms. The summed E-state index contributed by atoms with van der Waals surface area (Å²) >= 11 is 0. The van der Waals surface area contributed by atoms with Gasteiger partial charge in [0.05, 0.1) is 16.5 Å². The highest BCUT2D eigenvalue weighted by Crippen LogP contribution is 2.53. The standard InChI is InChI=1S/C24H22F3N5O/c1-12(2)23(19(10-28)21(29)33-22-20(23)14(4)31-32-22)16-7-15(8-17(9-16)24(25,26)27)18-5-6-30-11-13(18)3/h5-9,11-12H,29H2,1-4H3,(H,31,32). The Morgan fingerprint density at radius 1 is 1.21 bits per heavy atom. The number of allylic oxidation sites excluding steroid dienone is 1. The lowest BCUT2D eigenvalue weighted by Crippen LogP contribution is -2.41. The second-order valence-corrected chi connectivity index (χ2v) is 8.43. The number of nitrogens with one attached hydrogen (secondary N) is 1. The van der Waals surface area contributed by atoms with Gasteiger partial charge in [0, 0.05) is 18.1 Å². The molecule has 0 bridgehead atoms. The first kappa shape index (κ1) is 22.4. The number of nitrogens with two attached hydrogens (primary N) is 1. The van der Waals surface area contributed by atoms with Crippen LogP contribution in [0.15, 0.2) is 48.1 Å². The number of benzene rings is 1. The summed E-state index contributed by atoms with van der Waals surface area (Å²) in [7, 11) is 0. The van der Waals surface area contributed by atoms with Crippen LogP contribution in [0.2, 0.25) is 0 Å². The zero-order valence-corrected chi connectivity index (χ0v) is 18.5. The molecule has 0 aliphatic carbocycles. The van der Waals surface area contributed by atoms with Crippen molar-refractivity contribution < 1.29 is 17.9 Å². The van der Waals surface area contributed by atoms with Crippen molar-refractivity contribution in [2.75, 3.05) is 0 Å². The van der Waals surface area contributed by atoms with Crippen molar-refractivity contribution in [3.63, 3.8) is 0 Å². The number of aromatic amines is 1. The molecule has 1 unspecified atom stereocenters. The predicted molar refractivity (Wildman–Crippen MR) is 116 cm³/mol. The van der Waals surface area contributed by atoms with Gasteiger partial charge >= 0.3 is 6.18 Å². The molecule has 1 aromatic carbocycles. The fourth-order valence-corrected chi connectivity index (χ4v) is 4.73. The van der Waals surface area contributed by atoms with Crippen molar-refractivity contribution in [2.45, 2.75) is 39.3 Å². The minimum atomic E-state index is -4.61. The zero-order valence-electron chi connectivity index (χ0n) is 18.5. The van der Waals surface area contributed by atoms with Gasteiger partial charge in [-0.15, -0.1) is 5.10 Å². The van der Waals surface area contributed by atoms with Crippen LogP contribution in [0.25, 0.3) is 11.1 Å². The number of hydrogen-bond acceptors (Lipinski definition) is 5. The van der Waals surface area contributed by atoms with E-state index in [0.29, 0.717) is 22.4 Å². The highest BCUT2D eigenvalue weighted by molar-refractivity contribution is 5.71. The average Bonchev–Trinajstić information content (AvgIpc) is 3.12. The van der Waals surface area contributed by atoms with Crippen LogP contribution in [0.3, 0.4) is 0 Å². The van der Waals surface area contributed by atoms with Crippen LogP contribution in [0.4, 0.5) is 13.2 Å². The molecule has 170 valence electrons. The third kappa shape index (κ3) is 3.33. The number of halogens is 3. The number of hydrogen-bond donors (Lipinski definition) is 2. The van der Waals surface area contributed by atoms with E-state index < -0.39 is 17.2 Å². The molecule has 2 aromatic heterocycles. The monoisotopic (exact) mass is 453 g/mol. The van der Waals surface area contributed by atoms with Crippen LogP contribution in [0.5, 0.6) is 5.88 Å². The molecule has 1 atom stereocenters. The third-order valence-corrected chi connectivity index (χ3v) is 6.18. The summed E-state index contributed by atoms with van der Waals surface area (Å²) in [5.41, 5.74) is 7.10. The largest absolute Gasteiger partial charge is 0.420 e. The van der Waals surface area contributed by atoms with E-state index in [9.17, 15) is 18.4 Å². The molecule has 4 rings (SSSR count). The van der Waals surface area contributed by atoms with Gasteiger partial charge in [-0.05, 0) is 66.3 Å². The van der Waals surface area contributed by atoms with Gasteiger partial charge in [-0.25, -0.2) is 0 Å². The molecule has 0 amide bonds. The SMILES string of the molecule is Cc1cnccc1-c1cc(C(F)(F)F)cc(C2(C(C)C)C(C#N)=C(N)Oc3n[nH]c(C)c32)c1. The molecule has 0 saturated heterocycles. The fourth-order valence-electron chi connectivity index (χ4n) is 4.73. The Labute approximate surface area is 188 Å². The van der Waals surface area contributed by atoms with Gasteiger partial charge in [0.25, 0.3) is 0 Å². The van der Waals surface area contributed by atoms with Gasteiger partial charge in [-0.3, -0.25) is 10.1 Å². The summed E-state index contributed by atoms with van der Waals surface area (Å²) in [6, 6.07) is 7.67. The fraction of sp³-hybridized carbons (Fsp3) is 0.292. The number of pyridine rings is 1. The van der Waals surface area contributed by atoms with E-state index in [4.69, 9.17) is 10.5 Å². The maximum atomic E-state index is 14.1. The number of fused-ring (bicyclic) bond motifs is 1. The van der Waals surface area contributed by atoms with Gasteiger partial charge < -0.3 is 10.5 Å². The Kier molecular flexibility index (Phi) is 5.20. The summed E-state index contributed by atoms with van der Waals surface area (Å²) in [6.07, 6.45) is -1.48. The van der Waals surface area contributed by atoms with E-state index in [-0.39, 0.29) is 28.8 Å². The van der Waals surface area contributed by atoms with Crippen LogP contribution in [-0.4, -0.2) is 15.2 Å².